The van der Waals surface area contributed by atoms with Gasteiger partial charge in [-0.1, -0.05) is 0 Å². The maximum absolute atomic E-state index is 9.30. The molecule has 2 N–H and O–H groups in total. The maximum Gasteiger partial charge on any atom is 0.117 e. The summed E-state index contributed by atoms with van der Waals surface area (Å²) >= 11 is 0. The van der Waals surface area contributed by atoms with Crippen LogP contribution in [0, 0.1) is 0 Å². The molecule has 2 aromatic heterocycles. The predicted octanol–water partition coefficient (Wildman–Crippen LogP) is 1.73. The van der Waals surface area contributed by atoms with Crippen LogP contribution in [0.3, 0.4) is 0 Å². The largest absolute Gasteiger partial charge is 0.508 e. The summed E-state index contributed by atoms with van der Waals surface area (Å²) in [5.74, 6) is 0.192. The topological polar surface area (TPSA) is 74.7 Å². The molecule has 0 atom stereocenters. The van der Waals surface area contributed by atoms with Crippen LogP contribution in [0.2, 0.25) is 0 Å². The summed E-state index contributed by atoms with van der Waals surface area (Å²) in [7, 11) is 0. The van der Waals surface area contributed by atoms with Gasteiger partial charge in [-0.2, -0.15) is 5.10 Å². The van der Waals surface area contributed by atoms with E-state index in [1.807, 2.05) is 0 Å². The Morgan fingerprint density at radius 3 is 2.88 bits per heavy atom. The van der Waals surface area contributed by atoms with Crippen LogP contribution in [0.1, 0.15) is 0 Å². The van der Waals surface area contributed by atoms with Crippen molar-refractivity contribution in [1.82, 2.24) is 20.2 Å². The van der Waals surface area contributed by atoms with Crippen molar-refractivity contribution >= 4 is 11.0 Å². The molecule has 5 nitrogen and oxygen atoms in total. The third kappa shape index (κ3) is 1.38. The quantitative estimate of drug-likeness (QED) is 0.644. The molecule has 3 aromatic rings. The highest BCUT2D eigenvalue weighted by atomic mass is 16.3. The van der Waals surface area contributed by atoms with Crippen molar-refractivity contribution in [2.75, 3.05) is 0 Å². The number of aromatic amines is 1. The van der Waals surface area contributed by atoms with E-state index in [4.69, 9.17) is 0 Å². The van der Waals surface area contributed by atoms with Crippen LogP contribution in [-0.4, -0.2) is 25.3 Å². The van der Waals surface area contributed by atoms with Crippen molar-refractivity contribution in [2.45, 2.75) is 0 Å². The summed E-state index contributed by atoms with van der Waals surface area (Å²) < 4.78 is 0. The van der Waals surface area contributed by atoms with Gasteiger partial charge in [-0.15, -0.1) is 0 Å². The number of aromatic hydroxyl groups is 1. The lowest BCUT2D eigenvalue weighted by Gasteiger charge is -2.00. The molecule has 0 spiro atoms. The Morgan fingerprint density at radius 1 is 1.12 bits per heavy atom. The molecule has 0 aliphatic carbocycles. The third-order valence-corrected chi connectivity index (χ3v) is 2.32. The second-order valence-corrected chi connectivity index (χ2v) is 3.42. The van der Waals surface area contributed by atoms with E-state index >= 15 is 0 Å². The normalized spacial score (nSPS) is 10.8. The number of rotatable bonds is 1. The van der Waals surface area contributed by atoms with Crippen LogP contribution in [0.4, 0.5) is 0 Å². The van der Waals surface area contributed by atoms with Gasteiger partial charge in [-0.25, -0.2) is 4.98 Å². The Hall–Kier alpha value is -2.43. The van der Waals surface area contributed by atoms with Crippen molar-refractivity contribution in [3.05, 3.63) is 36.8 Å². The minimum atomic E-state index is 0.192. The van der Waals surface area contributed by atoms with E-state index in [1.54, 1.807) is 36.8 Å². The standard InChI is InChI=1S/C11H8N4O/c16-8-1-2-9-10(3-8)12-6-11(15-9)7-4-13-14-5-7/h1-6,16H,(H,13,14). The number of benzene rings is 1. The molecule has 0 fully saturated rings. The first-order chi connectivity index (χ1) is 7.83. The summed E-state index contributed by atoms with van der Waals surface area (Å²) in [6, 6.07) is 4.92. The van der Waals surface area contributed by atoms with Crippen LogP contribution in [0.15, 0.2) is 36.8 Å². The van der Waals surface area contributed by atoms with E-state index in [2.05, 4.69) is 20.2 Å². The molecule has 2 heterocycles. The fourth-order valence-electron chi connectivity index (χ4n) is 1.53. The van der Waals surface area contributed by atoms with Gasteiger partial charge >= 0.3 is 0 Å². The molecule has 1 aromatic carbocycles. The molecule has 16 heavy (non-hydrogen) atoms. The van der Waals surface area contributed by atoms with Gasteiger partial charge in [-0.05, 0) is 12.1 Å². The molecule has 5 heteroatoms. The average Bonchev–Trinajstić information content (AvgIpc) is 2.82. The Balaban J connectivity index is 2.20. The van der Waals surface area contributed by atoms with Crippen molar-refractivity contribution in [3.63, 3.8) is 0 Å². The Bertz CT molecular complexity index is 634. The Labute approximate surface area is 90.8 Å². The van der Waals surface area contributed by atoms with Gasteiger partial charge < -0.3 is 5.11 Å². The average molecular weight is 212 g/mol. The number of nitrogens with one attached hydrogen (secondary N) is 1. The molecule has 0 saturated heterocycles. The predicted molar refractivity (Wildman–Crippen MR) is 58.8 cm³/mol. The first-order valence-electron chi connectivity index (χ1n) is 4.78. The number of hydrogen-bond acceptors (Lipinski definition) is 4. The van der Waals surface area contributed by atoms with Crippen LogP contribution in [-0.2, 0) is 0 Å². The summed E-state index contributed by atoms with van der Waals surface area (Å²) in [5, 5.41) is 15.9. The number of phenols is 1. The van der Waals surface area contributed by atoms with Gasteiger partial charge in [0.05, 0.1) is 29.1 Å². The maximum atomic E-state index is 9.30. The molecule has 3 rings (SSSR count). The number of nitrogens with zero attached hydrogens (tertiary/aromatic N) is 3. The molecular weight excluding hydrogens is 204 g/mol. The zero-order chi connectivity index (χ0) is 11.0. The van der Waals surface area contributed by atoms with Gasteiger partial charge in [0.25, 0.3) is 0 Å². The molecule has 0 amide bonds. The zero-order valence-electron chi connectivity index (χ0n) is 8.25. The smallest absolute Gasteiger partial charge is 0.117 e. The monoisotopic (exact) mass is 212 g/mol. The van der Waals surface area contributed by atoms with E-state index in [0.717, 1.165) is 16.8 Å². The van der Waals surface area contributed by atoms with E-state index in [1.165, 1.54) is 0 Å². The van der Waals surface area contributed by atoms with Crippen LogP contribution < -0.4 is 0 Å². The van der Waals surface area contributed by atoms with Gasteiger partial charge in [-0.3, -0.25) is 10.1 Å². The fraction of sp³-hybridized carbons (Fsp3) is 0. The molecule has 0 unspecified atom stereocenters. The molecular formula is C11H8N4O. The molecule has 0 saturated carbocycles. The van der Waals surface area contributed by atoms with E-state index in [0.29, 0.717) is 5.52 Å². The first kappa shape index (κ1) is 8.84. The second-order valence-electron chi connectivity index (χ2n) is 3.42. The van der Waals surface area contributed by atoms with E-state index in [-0.39, 0.29) is 5.75 Å². The van der Waals surface area contributed by atoms with Crippen LogP contribution in [0.25, 0.3) is 22.3 Å². The zero-order valence-corrected chi connectivity index (χ0v) is 8.25. The Kier molecular flexibility index (Phi) is 1.83. The minimum Gasteiger partial charge on any atom is -0.508 e. The highest BCUT2D eigenvalue weighted by Gasteiger charge is 2.03. The van der Waals surface area contributed by atoms with Crippen LogP contribution >= 0.6 is 0 Å². The van der Waals surface area contributed by atoms with Crippen molar-refractivity contribution in [1.29, 1.82) is 0 Å². The van der Waals surface area contributed by atoms with Gasteiger partial charge in [0.1, 0.15) is 5.75 Å². The van der Waals surface area contributed by atoms with Crippen molar-refractivity contribution in [2.24, 2.45) is 0 Å². The second kappa shape index (κ2) is 3.30. The number of fused-ring (bicyclic) bond motifs is 1. The molecule has 0 radical (unpaired) electrons. The van der Waals surface area contributed by atoms with Crippen molar-refractivity contribution in [3.8, 4) is 17.0 Å². The SMILES string of the molecule is Oc1ccc2nc(-c3cn[nH]c3)cnc2c1. The lowest BCUT2D eigenvalue weighted by Crippen LogP contribution is -1.87. The van der Waals surface area contributed by atoms with Crippen LogP contribution in [0.5, 0.6) is 5.75 Å². The van der Waals surface area contributed by atoms with Gasteiger partial charge in [0.2, 0.25) is 0 Å². The van der Waals surface area contributed by atoms with Crippen molar-refractivity contribution < 1.29 is 5.11 Å². The minimum absolute atomic E-state index is 0.192. The van der Waals surface area contributed by atoms with E-state index < -0.39 is 0 Å². The number of aromatic nitrogens is 4. The number of H-pyrrole nitrogens is 1. The fourth-order valence-corrected chi connectivity index (χ4v) is 1.53. The summed E-state index contributed by atoms with van der Waals surface area (Å²) in [5.41, 5.74) is 3.07. The number of phenolic OH excluding ortho intramolecular Hbond substituents is 1. The molecule has 78 valence electrons. The lowest BCUT2D eigenvalue weighted by molar-refractivity contribution is 0.476. The van der Waals surface area contributed by atoms with Gasteiger partial charge in [0.15, 0.2) is 0 Å². The molecule has 0 bridgehead atoms. The van der Waals surface area contributed by atoms with Gasteiger partial charge in [0, 0.05) is 17.8 Å². The molecule has 0 aliphatic rings. The summed E-state index contributed by atoms with van der Waals surface area (Å²) in [6.07, 6.45) is 5.11. The first-order valence-corrected chi connectivity index (χ1v) is 4.78. The molecule has 0 aliphatic heterocycles. The lowest BCUT2D eigenvalue weighted by atomic mass is 10.2. The summed E-state index contributed by atoms with van der Waals surface area (Å²) in [6.45, 7) is 0. The highest BCUT2D eigenvalue weighted by Crippen LogP contribution is 2.20. The summed E-state index contributed by atoms with van der Waals surface area (Å²) in [4.78, 5) is 8.66. The third-order valence-electron chi connectivity index (χ3n) is 2.32. The highest BCUT2D eigenvalue weighted by molar-refractivity contribution is 5.78. The Morgan fingerprint density at radius 2 is 2.06 bits per heavy atom. The van der Waals surface area contributed by atoms with E-state index in [9.17, 15) is 5.11 Å². The number of hydrogen-bond donors (Lipinski definition) is 2.